The number of ether oxygens (including phenoxy) is 2. The lowest BCUT2D eigenvalue weighted by Gasteiger charge is -2.31. The van der Waals surface area contributed by atoms with E-state index < -0.39 is 0 Å². The number of imidazole rings is 1. The molecule has 0 radical (unpaired) electrons. The Morgan fingerprint density at radius 2 is 1.90 bits per heavy atom. The molecule has 2 aliphatic rings. The summed E-state index contributed by atoms with van der Waals surface area (Å²) in [6.45, 7) is 7.63. The van der Waals surface area contributed by atoms with Crippen molar-refractivity contribution < 1.29 is 19.1 Å². The highest BCUT2D eigenvalue weighted by Crippen LogP contribution is 2.29. The van der Waals surface area contributed by atoms with Crippen LogP contribution in [0.2, 0.25) is 0 Å². The van der Waals surface area contributed by atoms with Crippen molar-refractivity contribution in [2.45, 2.75) is 32.6 Å². The summed E-state index contributed by atoms with van der Waals surface area (Å²) in [7, 11) is 0. The molecule has 2 aliphatic heterocycles. The zero-order valence-corrected chi connectivity index (χ0v) is 23.4. The van der Waals surface area contributed by atoms with Crippen LogP contribution >= 0.6 is 0 Å². The summed E-state index contributed by atoms with van der Waals surface area (Å²) in [6, 6.07) is 11.8. The summed E-state index contributed by atoms with van der Waals surface area (Å²) in [5.74, 6) is 0.855. The van der Waals surface area contributed by atoms with Crippen LogP contribution in [0.15, 0.2) is 36.4 Å². The number of carbonyl (C=O) groups is 2. The Morgan fingerprint density at radius 3 is 2.71 bits per heavy atom. The van der Waals surface area contributed by atoms with Crippen molar-refractivity contribution in [2.24, 2.45) is 5.92 Å². The van der Waals surface area contributed by atoms with Gasteiger partial charge in [-0.15, -0.1) is 0 Å². The molecule has 4 aromatic rings. The normalized spacial score (nSPS) is 16.4. The molecule has 0 unspecified atom stereocenters. The number of unbranched alkanes of at least 4 members (excludes halogenated alkanes) is 1. The molecule has 2 saturated heterocycles. The molecule has 0 saturated carbocycles. The monoisotopic (exact) mass is 559 g/mol. The summed E-state index contributed by atoms with van der Waals surface area (Å²) in [6.07, 6.45) is 3.34. The van der Waals surface area contributed by atoms with Gasteiger partial charge in [-0.25, -0.2) is 9.78 Å². The third-order valence-corrected chi connectivity index (χ3v) is 8.04. The third kappa shape index (κ3) is 6.00. The molecule has 2 amide bonds. The quantitative estimate of drug-likeness (QED) is 0.274. The predicted molar refractivity (Wildman–Crippen MR) is 157 cm³/mol. The number of nitrogens with zero attached hydrogens (tertiary/aromatic N) is 4. The van der Waals surface area contributed by atoms with Gasteiger partial charge in [0.25, 0.3) is 5.91 Å². The average molecular weight is 560 g/mol. The number of hydrogen-bond donors (Lipinski definition) is 3. The topological polar surface area (TPSA) is 128 Å². The van der Waals surface area contributed by atoms with Crippen molar-refractivity contribution in [3.05, 3.63) is 42.0 Å². The van der Waals surface area contributed by atoms with E-state index in [4.69, 9.17) is 14.5 Å². The van der Waals surface area contributed by atoms with Gasteiger partial charge >= 0.3 is 6.09 Å². The molecule has 41 heavy (non-hydrogen) atoms. The Balaban J connectivity index is 1.10. The molecule has 2 fully saturated rings. The molecule has 0 bridgehead atoms. The summed E-state index contributed by atoms with van der Waals surface area (Å²) >= 11 is 0. The van der Waals surface area contributed by atoms with Crippen molar-refractivity contribution in [3.8, 4) is 11.5 Å². The number of hydrogen-bond acceptors (Lipinski definition) is 7. The lowest BCUT2D eigenvalue weighted by molar-refractivity contribution is 0.0835. The number of amides is 2. The number of aromatic nitrogens is 4. The van der Waals surface area contributed by atoms with Gasteiger partial charge in [-0.2, -0.15) is 5.10 Å². The van der Waals surface area contributed by atoms with Crippen molar-refractivity contribution >= 4 is 39.6 Å². The van der Waals surface area contributed by atoms with E-state index in [1.807, 2.05) is 24.3 Å². The molecule has 2 aromatic carbocycles. The van der Waals surface area contributed by atoms with Gasteiger partial charge in [0.15, 0.2) is 5.82 Å². The van der Waals surface area contributed by atoms with E-state index in [1.54, 1.807) is 4.90 Å². The summed E-state index contributed by atoms with van der Waals surface area (Å²) in [5, 5.41) is 11.5. The predicted octanol–water partition coefficient (Wildman–Crippen LogP) is 4.32. The van der Waals surface area contributed by atoms with E-state index in [9.17, 15) is 9.59 Å². The summed E-state index contributed by atoms with van der Waals surface area (Å²) in [5.41, 5.74) is 5.03. The number of anilines is 1. The Labute approximate surface area is 238 Å². The standard InChI is InChI=1S/C30H37N7O4/c1-2-3-14-41-30(39)37-10-8-20(9-11-37)19-31-29(38)21-4-6-24-23(17-21)27(35-34-24)28-32-25-7-5-22(18-26(25)33-28)36-12-15-40-16-13-36/h4-7,17-18,20H,2-3,8-16,19H2,1H3,(H,31,38)(H,32,33)(H,34,35). The second-order valence-corrected chi connectivity index (χ2v) is 10.8. The second-order valence-electron chi connectivity index (χ2n) is 10.8. The first-order chi connectivity index (χ1) is 20.1. The van der Waals surface area contributed by atoms with Crippen LogP contribution in [0.1, 0.15) is 43.0 Å². The number of benzene rings is 2. The zero-order chi connectivity index (χ0) is 28.2. The van der Waals surface area contributed by atoms with Gasteiger partial charge in [-0.05, 0) is 61.6 Å². The van der Waals surface area contributed by atoms with Crippen LogP contribution in [-0.4, -0.2) is 89.6 Å². The number of morpholine rings is 1. The molecule has 6 rings (SSSR count). The maximum atomic E-state index is 13.1. The van der Waals surface area contributed by atoms with Gasteiger partial charge in [0.2, 0.25) is 0 Å². The van der Waals surface area contributed by atoms with Gasteiger partial charge in [0.1, 0.15) is 5.69 Å². The third-order valence-electron chi connectivity index (χ3n) is 8.04. The van der Waals surface area contributed by atoms with Gasteiger partial charge < -0.3 is 29.6 Å². The maximum Gasteiger partial charge on any atom is 0.409 e. The van der Waals surface area contributed by atoms with Crippen LogP contribution in [0, 0.1) is 5.92 Å². The van der Waals surface area contributed by atoms with E-state index in [0.717, 1.165) is 79.6 Å². The first kappa shape index (κ1) is 27.1. The fraction of sp³-hybridized carbons (Fsp3) is 0.467. The number of carbonyl (C=O) groups excluding carboxylic acids is 2. The number of rotatable bonds is 8. The van der Waals surface area contributed by atoms with E-state index in [2.05, 4.69) is 44.5 Å². The molecule has 0 aliphatic carbocycles. The molecule has 11 heteroatoms. The minimum atomic E-state index is -0.229. The molecule has 11 nitrogen and oxygen atoms in total. The largest absolute Gasteiger partial charge is 0.449 e. The highest BCUT2D eigenvalue weighted by atomic mass is 16.6. The van der Waals surface area contributed by atoms with Crippen LogP contribution in [0.25, 0.3) is 33.5 Å². The van der Waals surface area contributed by atoms with E-state index in [0.29, 0.717) is 49.2 Å². The molecule has 4 heterocycles. The van der Waals surface area contributed by atoms with E-state index in [-0.39, 0.29) is 12.0 Å². The van der Waals surface area contributed by atoms with Crippen molar-refractivity contribution in [1.82, 2.24) is 30.4 Å². The maximum absolute atomic E-state index is 13.1. The molecule has 0 spiro atoms. The first-order valence-electron chi connectivity index (χ1n) is 14.6. The Morgan fingerprint density at radius 1 is 1.07 bits per heavy atom. The number of H-pyrrole nitrogens is 2. The molecule has 3 N–H and O–H groups in total. The highest BCUT2D eigenvalue weighted by Gasteiger charge is 2.24. The first-order valence-corrected chi connectivity index (χ1v) is 14.6. The number of piperidine rings is 1. The highest BCUT2D eigenvalue weighted by molar-refractivity contribution is 6.01. The van der Waals surface area contributed by atoms with Gasteiger partial charge in [-0.3, -0.25) is 9.89 Å². The van der Waals surface area contributed by atoms with E-state index >= 15 is 0 Å². The van der Waals surface area contributed by atoms with Gasteiger partial charge in [-0.1, -0.05) is 13.3 Å². The van der Waals surface area contributed by atoms with E-state index in [1.165, 1.54) is 0 Å². The van der Waals surface area contributed by atoms with Crippen LogP contribution in [0.4, 0.5) is 10.5 Å². The Kier molecular flexibility index (Phi) is 8.04. The zero-order valence-electron chi connectivity index (χ0n) is 23.4. The fourth-order valence-corrected chi connectivity index (χ4v) is 5.52. The minimum absolute atomic E-state index is 0.125. The van der Waals surface area contributed by atoms with Crippen LogP contribution in [-0.2, 0) is 9.47 Å². The molecule has 2 aromatic heterocycles. The summed E-state index contributed by atoms with van der Waals surface area (Å²) in [4.78, 5) is 37.6. The number of likely N-dealkylation sites (tertiary alicyclic amines) is 1. The number of fused-ring (bicyclic) bond motifs is 2. The van der Waals surface area contributed by atoms with Crippen LogP contribution in [0.3, 0.4) is 0 Å². The molecule has 0 atom stereocenters. The molecular formula is C30H37N7O4. The van der Waals surface area contributed by atoms with Crippen LogP contribution < -0.4 is 10.2 Å². The van der Waals surface area contributed by atoms with Gasteiger partial charge in [0.05, 0.1) is 36.4 Å². The lowest BCUT2D eigenvalue weighted by Crippen LogP contribution is -2.41. The van der Waals surface area contributed by atoms with Crippen molar-refractivity contribution in [2.75, 3.05) is 57.4 Å². The van der Waals surface area contributed by atoms with Gasteiger partial charge in [0, 0.05) is 49.4 Å². The molecular weight excluding hydrogens is 522 g/mol. The average Bonchev–Trinajstić information content (AvgIpc) is 3.64. The Hall–Kier alpha value is -4.12. The smallest absolute Gasteiger partial charge is 0.409 e. The Bertz CT molecular complexity index is 1520. The minimum Gasteiger partial charge on any atom is -0.449 e. The SMILES string of the molecule is CCCCOC(=O)N1CCC(CNC(=O)c2ccc3[nH]nc(-c4nc5ccc(N6CCOCC6)cc5[nH]4)c3c2)CC1. The fourth-order valence-electron chi connectivity index (χ4n) is 5.52. The second kappa shape index (κ2) is 12.2. The lowest BCUT2D eigenvalue weighted by atomic mass is 9.97. The van der Waals surface area contributed by atoms with Crippen molar-refractivity contribution in [3.63, 3.8) is 0 Å². The summed E-state index contributed by atoms with van der Waals surface area (Å²) < 4.78 is 10.8. The van der Waals surface area contributed by atoms with Crippen molar-refractivity contribution in [1.29, 1.82) is 0 Å². The van der Waals surface area contributed by atoms with Crippen LogP contribution in [0.5, 0.6) is 0 Å². The molecule has 216 valence electrons. The number of aromatic amines is 2. The number of nitrogens with one attached hydrogen (secondary N) is 3.